The largest absolute Gasteiger partial charge is 0.309 e. The van der Waals surface area contributed by atoms with Gasteiger partial charge in [0.05, 0.1) is 0 Å². The summed E-state index contributed by atoms with van der Waals surface area (Å²) in [5, 5.41) is 5.92. The Bertz CT molecular complexity index is 336. The van der Waals surface area contributed by atoms with Gasteiger partial charge in [0.1, 0.15) is 0 Å². The third kappa shape index (κ3) is 3.56. The van der Waals surface area contributed by atoms with Crippen LogP contribution in [0.5, 0.6) is 0 Å². The van der Waals surface area contributed by atoms with Crippen molar-refractivity contribution in [2.75, 3.05) is 6.54 Å². The fourth-order valence-electron chi connectivity index (χ4n) is 2.80. The standard InChI is InChI=1S/C15H25NS/c1-11-4-6-14(7-5-11)10-16-13(3)15-12(2)8-9-17-15/h8-9,11,13-14,16H,4-7,10H2,1-3H3. The van der Waals surface area contributed by atoms with E-state index in [2.05, 4.69) is 37.5 Å². The summed E-state index contributed by atoms with van der Waals surface area (Å²) >= 11 is 1.88. The van der Waals surface area contributed by atoms with Gasteiger partial charge >= 0.3 is 0 Å². The molecule has 1 heterocycles. The monoisotopic (exact) mass is 251 g/mol. The topological polar surface area (TPSA) is 12.0 Å². The molecule has 1 nitrogen and oxygen atoms in total. The van der Waals surface area contributed by atoms with E-state index in [1.807, 2.05) is 11.3 Å². The van der Waals surface area contributed by atoms with Crippen molar-refractivity contribution in [2.45, 2.75) is 52.5 Å². The summed E-state index contributed by atoms with van der Waals surface area (Å²) in [6, 6.07) is 2.75. The molecule has 0 radical (unpaired) electrons. The molecule has 17 heavy (non-hydrogen) atoms. The lowest BCUT2D eigenvalue weighted by molar-refractivity contribution is 0.276. The van der Waals surface area contributed by atoms with Crippen molar-refractivity contribution in [3.63, 3.8) is 0 Å². The molecule has 0 aromatic carbocycles. The summed E-state index contributed by atoms with van der Waals surface area (Å²) in [4.78, 5) is 1.51. The smallest absolute Gasteiger partial charge is 0.0388 e. The number of thiophene rings is 1. The summed E-state index contributed by atoms with van der Waals surface area (Å²) < 4.78 is 0. The minimum absolute atomic E-state index is 0.523. The first kappa shape index (κ1) is 13.1. The molecular formula is C15H25NS. The van der Waals surface area contributed by atoms with Gasteiger partial charge in [-0.15, -0.1) is 11.3 Å². The van der Waals surface area contributed by atoms with Gasteiger partial charge in [0.25, 0.3) is 0 Å². The summed E-state index contributed by atoms with van der Waals surface area (Å²) in [6.45, 7) is 8.10. The Hall–Kier alpha value is -0.340. The van der Waals surface area contributed by atoms with Crippen LogP contribution in [0.25, 0.3) is 0 Å². The molecule has 1 unspecified atom stereocenters. The van der Waals surface area contributed by atoms with Crippen LogP contribution in [0, 0.1) is 18.8 Å². The van der Waals surface area contributed by atoms with E-state index in [0.717, 1.165) is 11.8 Å². The van der Waals surface area contributed by atoms with Crippen LogP contribution in [0.1, 0.15) is 56.0 Å². The molecule has 1 atom stereocenters. The van der Waals surface area contributed by atoms with E-state index in [1.54, 1.807) is 0 Å². The molecule has 0 bridgehead atoms. The zero-order valence-electron chi connectivity index (χ0n) is 11.3. The van der Waals surface area contributed by atoms with E-state index in [-0.39, 0.29) is 0 Å². The third-order valence-electron chi connectivity index (χ3n) is 4.14. The van der Waals surface area contributed by atoms with E-state index in [0.29, 0.717) is 6.04 Å². The van der Waals surface area contributed by atoms with Gasteiger partial charge in [0, 0.05) is 10.9 Å². The summed E-state index contributed by atoms with van der Waals surface area (Å²) in [5.41, 5.74) is 1.44. The average molecular weight is 251 g/mol. The molecule has 1 fully saturated rings. The van der Waals surface area contributed by atoms with E-state index >= 15 is 0 Å². The van der Waals surface area contributed by atoms with E-state index < -0.39 is 0 Å². The van der Waals surface area contributed by atoms with E-state index in [4.69, 9.17) is 0 Å². The molecule has 0 spiro atoms. The second-order valence-corrected chi connectivity index (χ2v) is 6.67. The van der Waals surface area contributed by atoms with Crippen molar-refractivity contribution in [2.24, 2.45) is 11.8 Å². The van der Waals surface area contributed by atoms with Crippen LogP contribution >= 0.6 is 11.3 Å². The van der Waals surface area contributed by atoms with Crippen molar-refractivity contribution in [3.8, 4) is 0 Å². The molecule has 2 heteroatoms. The van der Waals surface area contributed by atoms with Gasteiger partial charge in [-0.1, -0.05) is 19.8 Å². The fourth-order valence-corrected chi connectivity index (χ4v) is 3.76. The minimum Gasteiger partial charge on any atom is -0.309 e. The van der Waals surface area contributed by atoms with Gasteiger partial charge in [-0.3, -0.25) is 0 Å². The number of hydrogen-bond donors (Lipinski definition) is 1. The Morgan fingerprint density at radius 3 is 2.65 bits per heavy atom. The van der Waals surface area contributed by atoms with E-state index in [9.17, 15) is 0 Å². The Balaban J connectivity index is 1.77. The highest BCUT2D eigenvalue weighted by molar-refractivity contribution is 7.10. The molecular weight excluding hydrogens is 226 g/mol. The van der Waals surface area contributed by atoms with Crippen LogP contribution in [0.2, 0.25) is 0 Å². The van der Waals surface area contributed by atoms with Crippen molar-refractivity contribution in [1.82, 2.24) is 5.32 Å². The van der Waals surface area contributed by atoms with Crippen LogP contribution in [0.15, 0.2) is 11.4 Å². The molecule has 1 aliphatic carbocycles. The van der Waals surface area contributed by atoms with Gasteiger partial charge in [-0.05, 0) is 62.1 Å². The fraction of sp³-hybridized carbons (Fsp3) is 0.733. The highest BCUT2D eigenvalue weighted by Crippen LogP contribution is 2.29. The van der Waals surface area contributed by atoms with Crippen LogP contribution < -0.4 is 5.32 Å². The average Bonchev–Trinajstić information content (AvgIpc) is 2.74. The zero-order valence-corrected chi connectivity index (χ0v) is 12.1. The van der Waals surface area contributed by atoms with Gasteiger partial charge in [0.15, 0.2) is 0 Å². The maximum Gasteiger partial charge on any atom is 0.0388 e. The number of rotatable bonds is 4. The molecule has 1 aromatic heterocycles. The van der Waals surface area contributed by atoms with Crippen molar-refractivity contribution >= 4 is 11.3 Å². The molecule has 0 aliphatic heterocycles. The Labute approximate surface area is 110 Å². The van der Waals surface area contributed by atoms with Gasteiger partial charge in [-0.25, -0.2) is 0 Å². The van der Waals surface area contributed by atoms with Crippen LogP contribution in [-0.4, -0.2) is 6.54 Å². The predicted octanol–water partition coefficient (Wildman–Crippen LogP) is 4.53. The third-order valence-corrected chi connectivity index (χ3v) is 5.34. The van der Waals surface area contributed by atoms with E-state index in [1.165, 1.54) is 42.7 Å². The number of aryl methyl sites for hydroxylation is 1. The molecule has 0 saturated heterocycles. The van der Waals surface area contributed by atoms with Gasteiger partial charge in [0.2, 0.25) is 0 Å². The lowest BCUT2D eigenvalue weighted by Crippen LogP contribution is -2.28. The van der Waals surface area contributed by atoms with Gasteiger partial charge < -0.3 is 5.32 Å². The SMILES string of the molecule is Cc1ccsc1C(C)NCC1CCC(C)CC1. The second kappa shape index (κ2) is 6.01. The number of hydrogen-bond acceptors (Lipinski definition) is 2. The summed E-state index contributed by atoms with van der Waals surface area (Å²) in [7, 11) is 0. The molecule has 1 saturated carbocycles. The minimum atomic E-state index is 0.523. The Morgan fingerprint density at radius 2 is 2.06 bits per heavy atom. The first-order valence-corrected chi connectivity index (χ1v) is 7.82. The van der Waals surface area contributed by atoms with Crippen molar-refractivity contribution in [3.05, 3.63) is 21.9 Å². The summed E-state index contributed by atoms with van der Waals surface area (Å²) in [5.74, 6) is 1.87. The maximum atomic E-state index is 3.72. The van der Waals surface area contributed by atoms with Gasteiger partial charge in [-0.2, -0.15) is 0 Å². The normalized spacial score (nSPS) is 27.0. The van der Waals surface area contributed by atoms with Crippen LogP contribution in [0.4, 0.5) is 0 Å². The molecule has 1 aromatic rings. The lowest BCUT2D eigenvalue weighted by atomic mass is 9.83. The van der Waals surface area contributed by atoms with Crippen molar-refractivity contribution in [1.29, 1.82) is 0 Å². The quantitative estimate of drug-likeness (QED) is 0.829. The number of nitrogens with one attached hydrogen (secondary N) is 1. The van der Waals surface area contributed by atoms with Crippen LogP contribution in [0.3, 0.4) is 0 Å². The second-order valence-electron chi connectivity index (χ2n) is 5.72. The Morgan fingerprint density at radius 1 is 1.35 bits per heavy atom. The molecule has 0 amide bonds. The molecule has 1 N–H and O–H groups in total. The first-order valence-electron chi connectivity index (χ1n) is 6.94. The maximum absolute atomic E-state index is 3.72. The van der Waals surface area contributed by atoms with Crippen LogP contribution in [-0.2, 0) is 0 Å². The molecule has 2 rings (SSSR count). The Kier molecular flexibility index (Phi) is 4.63. The highest BCUT2D eigenvalue weighted by atomic mass is 32.1. The zero-order chi connectivity index (χ0) is 12.3. The predicted molar refractivity (Wildman–Crippen MR) is 76.6 cm³/mol. The first-order chi connectivity index (χ1) is 8.16. The van der Waals surface area contributed by atoms with Crippen molar-refractivity contribution < 1.29 is 0 Å². The molecule has 96 valence electrons. The molecule has 1 aliphatic rings. The highest BCUT2D eigenvalue weighted by Gasteiger charge is 2.19. The lowest BCUT2D eigenvalue weighted by Gasteiger charge is -2.27. The summed E-state index contributed by atoms with van der Waals surface area (Å²) in [6.07, 6.45) is 5.70.